The van der Waals surface area contributed by atoms with Gasteiger partial charge < -0.3 is 9.73 Å². The maximum absolute atomic E-state index is 12.6. The topological polar surface area (TPSA) is 58.4 Å². The van der Waals surface area contributed by atoms with Crippen LogP contribution in [-0.4, -0.2) is 41.0 Å². The highest BCUT2D eigenvalue weighted by molar-refractivity contribution is 8.01. The lowest BCUT2D eigenvalue weighted by molar-refractivity contribution is 0.0218. The minimum atomic E-state index is 0.0463. The third-order valence-electron chi connectivity index (χ3n) is 4.89. The number of amides is 1. The molecule has 0 radical (unpaired) electrons. The molecule has 0 saturated carbocycles. The molecule has 2 aromatic heterocycles. The zero-order valence-corrected chi connectivity index (χ0v) is 14.5. The Bertz CT molecular complexity index is 675. The molecule has 3 aliphatic rings. The lowest BCUT2D eigenvalue weighted by atomic mass is 9.79. The molecule has 0 aromatic carbocycles. The molecule has 23 heavy (non-hydrogen) atoms. The van der Waals surface area contributed by atoms with Crippen LogP contribution in [-0.2, 0) is 0 Å². The maximum Gasteiger partial charge on any atom is 0.261 e. The van der Waals surface area contributed by atoms with Crippen LogP contribution in [0.4, 0.5) is 0 Å². The van der Waals surface area contributed by atoms with Gasteiger partial charge in [-0.05, 0) is 62.7 Å². The van der Waals surface area contributed by atoms with Crippen LogP contribution < -0.4 is 5.32 Å². The van der Waals surface area contributed by atoms with Crippen molar-refractivity contribution in [1.29, 1.82) is 0 Å². The third-order valence-corrected chi connectivity index (χ3v) is 7.01. The smallest absolute Gasteiger partial charge is 0.261 e. The van der Waals surface area contributed by atoms with Crippen molar-refractivity contribution in [3.8, 4) is 0 Å². The summed E-state index contributed by atoms with van der Waals surface area (Å²) in [6.45, 7) is 4.58. The van der Waals surface area contributed by atoms with E-state index in [-0.39, 0.29) is 11.9 Å². The van der Waals surface area contributed by atoms with Gasteiger partial charge in [-0.15, -0.1) is 11.3 Å². The highest BCUT2D eigenvalue weighted by atomic mass is 32.2. The number of carbonyl (C=O) groups excluding carboxylic acids is 1. The molecule has 5 nitrogen and oxygen atoms in total. The average Bonchev–Trinajstić information content (AvgIpc) is 3.23. The van der Waals surface area contributed by atoms with Gasteiger partial charge in [-0.3, -0.25) is 9.69 Å². The molecule has 1 N–H and O–H groups in total. The summed E-state index contributed by atoms with van der Waals surface area (Å²) in [5.41, 5.74) is 0. The second kappa shape index (κ2) is 6.30. The van der Waals surface area contributed by atoms with Gasteiger partial charge in [-0.25, -0.2) is 4.98 Å². The quantitative estimate of drug-likeness (QED) is 0.919. The number of hydrogen-bond donors (Lipinski definition) is 1. The average molecular weight is 349 g/mol. The van der Waals surface area contributed by atoms with Gasteiger partial charge in [-0.2, -0.15) is 0 Å². The molecule has 0 aliphatic carbocycles. The summed E-state index contributed by atoms with van der Waals surface area (Å²) in [6, 6.07) is 4.57. The molecule has 5 rings (SSSR count). The van der Waals surface area contributed by atoms with Gasteiger partial charge in [0.1, 0.15) is 0 Å². The Morgan fingerprint density at radius 2 is 2.26 bits per heavy atom. The predicted molar refractivity (Wildman–Crippen MR) is 90.0 cm³/mol. The largest absolute Gasteiger partial charge is 0.437 e. The molecule has 5 heterocycles. The summed E-state index contributed by atoms with van der Waals surface area (Å²) in [5, 5.41) is 4.01. The van der Waals surface area contributed by atoms with E-state index in [1.165, 1.54) is 55.4 Å². The van der Waals surface area contributed by atoms with Gasteiger partial charge in [0, 0.05) is 12.1 Å². The number of thiophene rings is 1. The number of nitrogens with zero attached hydrogens (tertiary/aromatic N) is 2. The zero-order chi connectivity index (χ0) is 15.8. The molecule has 3 aliphatic heterocycles. The molecule has 2 atom stereocenters. The van der Waals surface area contributed by atoms with Crippen molar-refractivity contribution < 1.29 is 9.21 Å². The normalized spacial score (nSPS) is 29.6. The van der Waals surface area contributed by atoms with E-state index < -0.39 is 0 Å². The first-order valence-electron chi connectivity index (χ1n) is 7.92. The molecule has 2 aromatic rings. The van der Waals surface area contributed by atoms with Crippen molar-refractivity contribution in [2.24, 2.45) is 5.92 Å². The van der Waals surface area contributed by atoms with Crippen LogP contribution in [0.3, 0.4) is 0 Å². The molecule has 2 bridgehead atoms. The summed E-state index contributed by atoms with van der Waals surface area (Å²) in [5.74, 6) is 0.673. The maximum atomic E-state index is 12.6. The highest BCUT2D eigenvalue weighted by Gasteiger charge is 2.40. The van der Waals surface area contributed by atoms with E-state index in [4.69, 9.17) is 4.42 Å². The van der Waals surface area contributed by atoms with Crippen LogP contribution in [0, 0.1) is 5.92 Å². The number of rotatable bonds is 4. The number of piperidine rings is 3. The zero-order valence-electron chi connectivity index (χ0n) is 12.9. The summed E-state index contributed by atoms with van der Waals surface area (Å²) < 4.78 is 6.26. The fraction of sp³-hybridized carbons (Fsp3) is 0.500. The number of hydrogen-bond acceptors (Lipinski definition) is 6. The van der Waals surface area contributed by atoms with Crippen LogP contribution in [0.1, 0.15) is 29.4 Å². The van der Waals surface area contributed by atoms with E-state index in [0.717, 1.165) is 14.2 Å². The number of oxazole rings is 1. The monoisotopic (exact) mass is 349 g/mol. The van der Waals surface area contributed by atoms with E-state index in [9.17, 15) is 4.79 Å². The van der Waals surface area contributed by atoms with Gasteiger partial charge >= 0.3 is 0 Å². The van der Waals surface area contributed by atoms with E-state index in [0.29, 0.717) is 12.0 Å². The second-order valence-electron chi connectivity index (χ2n) is 6.15. The Labute approximate surface area is 143 Å². The second-order valence-corrected chi connectivity index (χ2v) is 8.54. The number of aromatic nitrogens is 1. The third kappa shape index (κ3) is 3.05. The molecular weight excluding hydrogens is 330 g/mol. The SMILES string of the molecule is C[C@H]1[C@H](NC(=O)c2ccc(Sc3cnco3)s2)C2CCN1CC2. The Morgan fingerprint density at radius 1 is 1.43 bits per heavy atom. The molecule has 1 amide bonds. The van der Waals surface area contributed by atoms with Crippen molar-refractivity contribution >= 4 is 29.0 Å². The minimum Gasteiger partial charge on any atom is -0.437 e. The van der Waals surface area contributed by atoms with Crippen molar-refractivity contribution in [3.63, 3.8) is 0 Å². The molecule has 3 saturated heterocycles. The molecular formula is C16H19N3O2S2. The summed E-state index contributed by atoms with van der Waals surface area (Å²) in [7, 11) is 0. The first-order valence-corrected chi connectivity index (χ1v) is 9.55. The van der Waals surface area contributed by atoms with Crippen molar-refractivity contribution in [2.45, 2.75) is 41.2 Å². The Balaban J connectivity index is 1.42. The fourth-order valence-corrected chi connectivity index (χ4v) is 5.48. The Morgan fingerprint density at radius 3 is 2.96 bits per heavy atom. The molecule has 0 spiro atoms. The van der Waals surface area contributed by atoms with Gasteiger partial charge in [-0.1, -0.05) is 0 Å². The van der Waals surface area contributed by atoms with Crippen LogP contribution >= 0.6 is 23.1 Å². The number of nitrogens with one attached hydrogen (secondary N) is 1. The van der Waals surface area contributed by atoms with Crippen molar-refractivity contribution in [3.05, 3.63) is 29.6 Å². The van der Waals surface area contributed by atoms with Gasteiger partial charge in [0.05, 0.1) is 15.3 Å². The van der Waals surface area contributed by atoms with Gasteiger partial charge in [0.2, 0.25) is 0 Å². The first-order chi connectivity index (χ1) is 11.2. The predicted octanol–water partition coefficient (Wildman–Crippen LogP) is 3.10. The Kier molecular flexibility index (Phi) is 4.17. The lowest BCUT2D eigenvalue weighted by Crippen LogP contribution is -2.62. The summed E-state index contributed by atoms with van der Waals surface area (Å²) >= 11 is 2.99. The number of fused-ring (bicyclic) bond motifs is 3. The summed E-state index contributed by atoms with van der Waals surface area (Å²) in [6.07, 6.45) is 5.50. The van der Waals surface area contributed by atoms with Gasteiger partial charge in [0.25, 0.3) is 5.91 Å². The van der Waals surface area contributed by atoms with Crippen LogP contribution in [0.15, 0.2) is 38.4 Å². The molecule has 3 fully saturated rings. The minimum absolute atomic E-state index is 0.0463. The van der Waals surface area contributed by atoms with E-state index in [1.54, 1.807) is 6.20 Å². The van der Waals surface area contributed by atoms with Crippen LogP contribution in [0.2, 0.25) is 0 Å². The van der Waals surface area contributed by atoms with Crippen molar-refractivity contribution in [1.82, 2.24) is 15.2 Å². The number of carbonyl (C=O) groups is 1. The van der Waals surface area contributed by atoms with E-state index in [2.05, 4.69) is 22.1 Å². The fourth-order valence-electron chi connectivity index (χ4n) is 3.62. The Hall–Kier alpha value is -1.31. The molecule has 0 unspecified atom stereocenters. The van der Waals surface area contributed by atoms with Gasteiger partial charge in [0.15, 0.2) is 11.5 Å². The first kappa shape index (κ1) is 15.2. The van der Waals surface area contributed by atoms with Crippen LogP contribution in [0.25, 0.3) is 0 Å². The van der Waals surface area contributed by atoms with E-state index >= 15 is 0 Å². The van der Waals surface area contributed by atoms with Crippen molar-refractivity contribution in [2.75, 3.05) is 13.1 Å². The standard InChI is InChI=1S/C16H19N3O2S2/c1-10-15(11-4-6-19(10)7-5-11)18-16(20)12-2-3-14(22-12)23-13-8-17-9-21-13/h2-3,8-11,15H,4-7H2,1H3,(H,18,20)/t10-,15-/m0/s1. The summed E-state index contributed by atoms with van der Waals surface area (Å²) in [4.78, 5) is 19.7. The van der Waals surface area contributed by atoms with E-state index in [1.807, 2.05) is 12.1 Å². The van der Waals surface area contributed by atoms with Crippen LogP contribution in [0.5, 0.6) is 0 Å². The highest BCUT2D eigenvalue weighted by Crippen LogP contribution is 2.35. The molecule has 7 heteroatoms. The molecule has 122 valence electrons. The lowest BCUT2D eigenvalue weighted by Gasteiger charge is -2.49.